The van der Waals surface area contributed by atoms with Crippen LogP contribution in [0.3, 0.4) is 0 Å². The Bertz CT molecular complexity index is 1280. The van der Waals surface area contributed by atoms with Crippen molar-refractivity contribution < 1.29 is 27.0 Å². The number of piperazine rings is 1. The molecule has 8 nitrogen and oxygen atoms in total. The molecule has 0 spiro atoms. The van der Waals surface area contributed by atoms with Crippen molar-refractivity contribution in [1.82, 2.24) is 19.9 Å². The molecule has 3 aromatic rings. The van der Waals surface area contributed by atoms with E-state index >= 15 is 0 Å². The monoisotopic (exact) mass is 534 g/mol. The van der Waals surface area contributed by atoms with Crippen molar-refractivity contribution in [2.24, 2.45) is 0 Å². The van der Waals surface area contributed by atoms with E-state index in [2.05, 4.69) is 30.1 Å². The Morgan fingerprint density at radius 3 is 2.53 bits per heavy atom. The van der Waals surface area contributed by atoms with E-state index in [1.165, 1.54) is 18.5 Å². The highest BCUT2D eigenvalue weighted by Gasteiger charge is 2.35. The molecule has 0 bridgehead atoms. The van der Waals surface area contributed by atoms with Crippen LogP contribution in [0.5, 0.6) is 5.88 Å². The molecule has 2 fully saturated rings. The summed E-state index contributed by atoms with van der Waals surface area (Å²) in [5.74, 6) is -0.531. The minimum Gasteiger partial charge on any atom is -0.479 e. The van der Waals surface area contributed by atoms with Crippen molar-refractivity contribution in [3.8, 4) is 5.88 Å². The minimum absolute atomic E-state index is 0.113. The van der Waals surface area contributed by atoms with E-state index in [0.717, 1.165) is 64.0 Å². The Balaban J connectivity index is 1.41. The van der Waals surface area contributed by atoms with E-state index < -0.39 is 23.6 Å². The molecule has 4 heterocycles. The molecule has 2 aliphatic rings. The van der Waals surface area contributed by atoms with E-state index in [1.54, 1.807) is 14.0 Å². The number of hydrogen-bond acceptors (Lipinski definition) is 8. The first-order valence-electron chi connectivity index (χ1n) is 12.6. The second-order valence-electron chi connectivity index (χ2n) is 9.55. The number of fused-ring (bicyclic) bond motifs is 1. The zero-order valence-electron chi connectivity index (χ0n) is 21.3. The van der Waals surface area contributed by atoms with Gasteiger partial charge in [0.1, 0.15) is 23.6 Å². The Morgan fingerprint density at radius 2 is 1.84 bits per heavy atom. The first-order chi connectivity index (χ1) is 18.3. The van der Waals surface area contributed by atoms with E-state index in [9.17, 15) is 17.6 Å². The number of nitrogens with zero attached hydrogens (tertiary/aromatic N) is 5. The van der Waals surface area contributed by atoms with Crippen LogP contribution in [0.4, 0.5) is 29.1 Å². The summed E-state index contributed by atoms with van der Waals surface area (Å²) in [6.45, 7) is 6.53. The zero-order valence-corrected chi connectivity index (χ0v) is 21.3. The molecule has 1 atom stereocenters. The zero-order chi connectivity index (χ0) is 26.9. The summed E-state index contributed by atoms with van der Waals surface area (Å²) >= 11 is 0. The topological polar surface area (TPSA) is 75.6 Å². The lowest BCUT2D eigenvalue weighted by molar-refractivity contribution is -0.140. The Hall–Kier alpha value is -3.25. The van der Waals surface area contributed by atoms with Gasteiger partial charge in [-0.3, -0.25) is 4.90 Å². The molecule has 0 unspecified atom stereocenters. The Kier molecular flexibility index (Phi) is 7.53. The fourth-order valence-corrected chi connectivity index (χ4v) is 5.22. The van der Waals surface area contributed by atoms with Gasteiger partial charge in [-0.1, -0.05) is 12.1 Å². The number of ether oxygens (including phenoxy) is 2. The van der Waals surface area contributed by atoms with Crippen LogP contribution in [0.25, 0.3) is 11.0 Å². The number of alkyl halides is 3. The van der Waals surface area contributed by atoms with Crippen LogP contribution >= 0.6 is 0 Å². The lowest BCUT2D eigenvalue weighted by Crippen LogP contribution is -2.51. The summed E-state index contributed by atoms with van der Waals surface area (Å²) in [5, 5.41) is 3.62. The molecule has 1 N–H and O–H groups in total. The van der Waals surface area contributed by atoms with E-state index in [4.69, 9.17) is 9.47 Å². The van der Waals surface area contributed by atoms with Crippen molar-refractivity contribution in [1.29, 1.82) is 0 Å². The lowest BCUT2D eigenvalue weighted by atomic mass is 10.0. The summed E-state index contributed by atoms with van der Waals surface area (Å²) < 4.78 is 65.6. The number of aromatic nitrogens is 3. The number of pyridine rings is 1. The maximum atomic E-state index is 14.8. The van der Waals surface area contributed by atoms with Gasteiger partial charge in [0.05, 0.1) is 24.1 Å². The van der Waals surface area contributed by atoms with Crippen molar-refractivity contribution in [3.05, 3.63) is 47.5 Å². The first kappa shape index (κ1) is 26.4. The number of hydrogen-bond donors (Lipinski definition) is 1. The van der Waals surface area contributed by atoms with Crippen LogP contribution in [0, 0.1) is 5.82 Å². The molecule has 0 aliphatic carbocycles. The summed E-state index contributed by atoms with van der Waals surface area (Å²) in [4.78, 5) is 17.8. The van der Waals surface area contributed by atoms with E-state index in [1.807, 2.05) is 6.07 Å². The summed E-state index contributed by atoms with van der Waals surface area (Å²) in [6, 6.07) is 4.87. The third-order valence-electron chi connectivity index (χ3n) is 7.28. The quantitative estimate of drug-likeness (QED) is 0.458. The van der Waals surface area contributed by atoms with Gasteiger partial charge in [0.25, 0.3) is 0 Å². The van der Waals surface area contributed by atoms with Gasteiger partial charge < -0.3 is 19.7 Å². The van der Waals surface area contributed by atoms with Crippen LogP contribution in [0.1, 0.15) is 36.9 Å². The molecule has 0 saturated carbocycles. The molecule has 0 amide bonds. The second kappa shape index (κ2) is 10.9. The fraction of sp³-hybridized carbons (Fsp3) is 0.500. The molecule has 204 valence electrons. The van der Waals surface area contributed by atoms with Crippen LogP contribution in [0.2, 0.25) is 0 Å². The SMILES string of the molecule is COc1nc2ncnc(N[C@H](C)c3cccc(C(F)(F)F)c3F)c2cc1N1CCN(C2CCOCC2)CC1. The van der Waals surface area contributed by atoms with E-state index in [0.29, 0.717) is 28.8 Å². The number of halogens is 4. The maximum Gasteiger partial charge on any atom is 0.419 e. The average Bonchev–Trinajstić information content (AvgIpc) is 2.92. The van der Waals surface area contributed by atoms with Gasteiger partial charge in [-0.05, 0) is 31.9 Å². The van der Waals surface area contributed by atoms with Crippen molar-refractivity contribution >= 4 is 22.5 Å². The highest BCUT2D eigenvalue weighted by Crippen LogP contribution is 2.36. The standard InChI is InChI=1S/C26H30F4N6O2/c1-16(18-4-3-5-20(22(18)27)26(28,29)30)33-23-19-14-21(25(37-2)34-24(19)32-15-31-23)36-10-8-35(9-11-36)17-6-12-38-13-7-17/h3-5,14-17H,6-13H2,1-2H3,(H,31,32,33,34)/t16-/m1/s1. The average molecular weight is 535 g/mol. The molecular formula is C26H30F4N6O2. The number of nitrogens with one attached hydrogen (secondary N) is 1. The second-order valence-corrected chi connectivity index (χ2v) is 9.55. The molecule has 38 heavy (non-hydrogen) atoms. The van der Waals surface area contributed by atoms with Crippen molar-refractivity contribution in [2.45, 2.75) is 38.0 Å². The minimum atomic E-state index is -4.79. The molecule has 0 radical (unpaired) electrons. The molecule has 5 rings (SSSR count). The number of methoxy groups -OCH3 is 1. The molecule has 1 aromatic carbocycles. The van der Waals surface area contributed by atoms with Gasteiger partial charge in [0.15, 0.2) is 5.65 Å². The van der Waals surface area contributed by atoms with Gasteiger partial charge in [-0.15, -0.1) is 0 Å². The third-order valence-corrected chi connectivity index (χ3v) is 7.28. The highest BCUT2D eigenvalue weighted by molar-refractivity contribution is 5.90. The molecular weight excluding hydrogens is 504 g/mol. The molecule has 2 aromatic heterocycles. The van der Waals surface area contributed by atoms with Gasteiger partial charge in [-0.25, -0.2) is 14.4 Å². The third kappa shape index (κ3) is 5.32. The fourth-order valence-electron chi connectivity index (χ4n) is 5.22. The summed E-state index contributed by atoms with van der Waals surface area (Å²) in [6.07, 6.45) is -1.40. The smallest absolute Gasteiger partial charge is 0.419 e. The van der Waals surface area contributed by atoms with Gasteiger partial charge in [-0.2, -0.15) is 18.2 Å². The maximum absolute atomic E-state index is 14.8. The largest absolute Gasteiger partial charge is 0.479 e. The van der Waals surface area contributed by atoms with E-state index in [-0.39, 0.29) is 5.56 Å². The van der Waals surface area contributed by atoms with Crippen molar-refractivity contribution in [3.63, 3.8) is 0 Å². The molecule has 12 heteroatoms. The lowest BCUT2D eigenvalue weighted by Gasteiger charge is -2.41. The summed E-state index contributed by atoms with van der Waals surface area (Å²) in [7, 11) is 1.55. The number of benzene rings is 1. The summed E-state index contributed by atoms with van der Waals surface area (Å²) in [5.41, 5.74) is -0.273. The Morgan fingerprint density at radius 1 is 1.11 bits per heavy atom. The van der Waals surface area contributed by atoms with Crippen LogP contribution < -0.4 is 15.0 Å². The van der Waals surface area contributed by atoms with Gasteiger partial charge in [0, 0.05) is 51.0 Å². The highest BCUT2D eigenvalue weighted by atomic mass is 19.4. The Labute approximate surface area is 218 Å². The van der Waals surface area contributed by atoms with Crippen LogP contribution in [-0.4, -0.2) is 72.4 Å². The number of rotatable bonds is 6. The van der Waals surface area contributed by atoms with Crippen LogP contribution in [0.15, 0.2) is 30.6 Å². The van der Waals surface area contributed by atoms with Crippen LogP contribution in [-0.2, 0) is 10.9 Å². The van der Waals surface area contributed by atoms with Gasteiger partial charge in [0.2, 0.25) is 5.88 Å². The normalized spacial score (nSPS) is 18.5. The predicted molar refractivity (Wildman–Crippen MR) is 135 cm³/mol. The predicted octanol–water partition coefficient (Wildman–Crippen LogP) is 4.67. The molecule has 2 saturated heterocycles. The number of anilines is 2. The van der Waals surface area contributed by atoms with Crippen molar-refractivity contribution in [2.75, 3.05) is 56.7 Å². The molecule has 2 aliphatic heterocycles. The van der Waals surface area contributed by atoms with Gasteiger partial charge >= 0.3 is 6.18 Å². The first-order valence-corrected chi connectivity index (χ1v) is 12.6.